The van der Waals surface area contributed by atoms with Crippen LogP contribution in [0.25, 0.3) is 0 Å². The van der Waals surface area contributed by atoms with E-state index in [2.05, 4.69) is 40.7 Å². The summed E-state index contributed by atoms with van der Waals surface area (Å²) in [5.74, 6) is 3.42. The molecule has 0 aromatic heterocycles. The molecule has 0 radical (unpaired) electrons. The molecule has 3 rings (SSSR count). The van der Waals surface area contributed by atoms with Gasteiger partial charge in [0.15, 0.2) is 0 Å². The molecule has 0 nitrogen and oxygen atoms in total. The van der Waals surface area contributed by atoms with Crippen molar-refractivity contribution < 1.29 is 0 Å². The molecule has 0 bridgehead atoms. The van der Waals surface area contributed by atoms with Crippen molar-refractivity contribution in [3.63, 3.8) is 0 Å². The smallest absolute Gasteiger partial charge is 0.000876 e. The van der Waals surface area contributed by atoms with Crippen LogP contribution in [0.4, 0.5) is 0 Å². The van der Waals surface area contributed by atoms with E-state index < -0.39 is 0 Å². The Bertz CT molecular complexity index is 451. The van der Waals surface area contributed by atoms with Crippen molar-refractivity contribution in [2.24, 2.45) is 29.1 Å². The summed E-state index contributed by atoms with van der Waals surface area (Å²) >= 11 is 0. The molecule has 3 aliphatic carbocycles. The minimum atomic E-state index is 0.537. The highest BCUT2D eigenvalue weighted by atomic mass is 14.6. The largest absolute Gasteiger partial charge is 0.0813 e. The highest BCUT2D eigenvalue weighted by Crippen LogP contribution is 2.63. The fourth-order valence-corrected chi connectivity index (χ4v) is 5.76. The topological polar surface area (TPSA) is 0 Å². The van der Waals surface area contributed by atoms with Gasteiger partial charge in [0.2, 0.25) is 0 Å². The molecular formula is C20H32. The molecule has 1 fully saturated rings. The van der Waals surface area contributed by atoms with Crippen LogP contribution in [0.2, 0.25) is 0 Å². The summed E-state index contributed by atoms with van der Waals surface area (Å²) in [6.07, 6.45) is 11.1. The summed E-state index contributed by atoms with van der Waals surface area (Å²) in [6.45, 7) is 12.3. The molecule has 0 aromatic carbocycles. The number of rotatable bonds is 1. The maximum atomic E-state index is 2.70. The van der Waals surface area contributed by atoms with Gasteiger partial charge in [0.25, 0.3) is 0 Å². The molecule has 0 heteroatoms. The van der Waals surface area contributed by atoms with Crippen LogP contribution in [-0.2, 0) is 0 Å². The van der Waals surface area contributed by atoms with Crippen molar-refractivity contribution in [1.29, 1.82) is 0 Å². The molecule has 0 saturated heterocycles. The lowest BCUT2D eigenvalue weighted by Crippen LogP contribution is -2.41. The van der Waals surface area contributed by atoms with Crippen molar-refractivity contribution in [3.05, 3.63) is 22.8 Å². The summed E-state index contributed by atoms with van der Waals surface area (Å²) in [4.78, 5) is 0. The standard InChI is InChI=1S/C20H32/c1-13(2)17-8-6-15(4)18-9-7-16(5)20(18)11-10-14(3)12-19(17)20/h12-13,16-17,19H,6-11H2,1-5H3/t16-,17-,19+,20+/m0/s1. The molecule has 0 unspecified atom stereocenters. The molecule has 0 aromatic rings. The average molecular weight is 272 g/mol. The van der Waals surface area contributed by atoms with E-state index >= 15 is 0 Å². The normalized spacial score (nSPS) is 41.3. The van der Waals surface area contributed by atoms with Crippen LogP contribution in [0.15, 0.2) is 22.8 Å². The monoisotopic (exact) mass is 272 g/mol. The van der Waals surface area contributed by atoms with Crippen molar-refractivity contribution in [3.8, 4) is 0 Å². The first kappa shape index (κ1) is 14.4. The first-order valence-electron chi connectivity index (χ1n) is 8.83. The molecule has 1 saturated carbocycles. The predicted octanol–water partition coefficient (Wildman–Crippen LogP) is 6.14. The quantitative estimate of drug-likeness (QED) is 0.503. The van der Waals surface area contributed by atoms with Gasteiger partial charge in [0.1, 0.15) is 0 Å². The van der Waals surface area contributed by atoms with Gasteiger partial charge in [-0.3, -0.25) is 0 Å². The number of allylic oxidation sites excluding steroid dienone is 4. The first-order chi connectivity index (χ1) is 9.46. The average Bonchev–Trinajstić information content (AvgIpc) is 2.64. The van der Waals surface area contributed by atoms with Gasteiger partial charge in [-0.05, 0) is 76.0 Å². The molecule has 4 atom stereocenters. The highest BCUT2D eigenvalue weighted by Gasteiger charge is 2.53. The van der Waals surface area contributed by atoms with Gasteiger partial charge >= 0.3 is 0 Å². The van der Waals surface area contributed by atoms with Crippen LogP contribution >= 0.6 is 0 Å². The SMILES string of the molecule is CC1=C[C@@H]2[C@H](C(C)C)CCC(C)=C3CC[C@H](C)[C@]32CC1. The van der Waals surface area contributed by atoms with Crippen LogP contribution in [-0.4, -0.2) is 0 Å². The van der Waals surface area contributed by atoms with Crippen LogP contribution < -0.4 is 0 Å². The van der Waals surface area contributed by atoms with Crippen molar-refractivity contribution in [2.45, 2.75) is 73.1 Å². The third kappa shape index (κ3) is 1.94. The van der Waals surface area contributed by atoms with Crippen molar-refractivity contribution >= 4 is 0 Å². The fraction of sp³-hybridized carbons (Fsp3) is 0.800. The molecule has 3 aliphatic rings. The van der Waals surface area contributed by atoms with E-state index in [0.29, 0.717) is 5.41 Å². The zero-order valence-electron chi connectivity index (χ0n) is 14.1. The van der Waals surface area contributed by atoms with Crippen LogP contribution in [0.1, 0.15) is 73.1 Å². The van der Waals surface area contributed by atoms with E-state index in [4.69, 9.17) is 0 Å². The van der Waals surface area contributed by atoms with E-state index in [-0.39, 0.29) is 0 Å². The third-order valence-corrected chi connectivity index (χ3v) is 6.95. The second-order valence-corrected chi connectivity index (χ2v) is 8.22. The Morgan fingerprint density at radius 2 is 1.85 bits per heavy atom. The van der Waals surface area contributed by atoms with Crippen molar-refractivity contribution in [1.82, 2.24) is 0 Å². The summed E-state index contributed by atoms with van der Waals surface area (Å²) in [5, 5.41) is 0. The molecule has 0 N–H and O–H groups in total. The van der Waals surface area contributed by atoms with E-state index in [1.165, 1.54) is 38.5 Å². The van der Waals surface area contributed by atoms with Crippen LogP contribution in [0, 0.1) is 29.1 Å². The molecule has 1 spiro atoms. The maximum Gasteiger partial charge on any atom is 0.000876 e. The second-order valence-electron chi connectivity index (χ2n) is 8.22. The summed E-state index contributed by atoms with van der Waals surface area (Å²) in [6, 6.07) is 0. The van der Waals surface area contributed by atoms with Gasteiger partial charge in [-0.1, -0.05) is 43.6 Å². The minimum absolute atomic E-state index is 0.537. The summed E-state index contributed by atoms with van der Waals surface area (Å²) in [5.41, 5.74) is 5.84. The van der Waals surface area contributed by atoms with Crippen molar-refractivity contribution in [2.75, 3.05) is 0 Å². The molecule has 0 heterocycles. The molecule has 112 valence electrons. The summed E-state index contributed by atoms with van der Waals surface area (Å²) in [7, 11) is 0. The van der Waals surface area contributed by atoms with E-state index in [0.717, 1.165) is 23.7 Å². The molecule has 0 aliphatic heterocycles. The van der Waals surface area contributed by atoms with E-state index in [1.807, 2.05) is 5.57 Å². The third-order valence-electron chi connectivity index (χ3n) is 6.95. The van der Waals surface area contributed by atoms with Gasteiger partial charge in [-0.25, -0.2) is 0 Å². The Kier molecular flexibility index (Phi) is 3.63. The van der Waals surface area contributed by atoms with E-state index in [9.17, 15) is 0 Å². The van der Waals surface area contributed by atoms with Gasteiger partial charge in [0.05, 0.1) is 0 Å². The maximum absolute atomic E-state index is 2.70. The van der Waals surface area contributed by atoms with Gasteiger partial charge in [-0.15, -0.1) is 0 Å². The lowest BCUT2D eigenvalue weighted by molar-refractivity contribution is 0.0906. The zero-order chi connectivity index (χ0) is 14.5. The van der Waals surface area contributed by atoms with Crippen LogP contribution in [0.3, 0.4) is 0 Å². The Hall–Kier alpha value is -0.520. The summed E-state index contributed by atoms with van der Waals surface area (Å²) < 4.78 is 0. The predicted molar refractivity (Wildman–Crippen MR) is 87.6 cm³/mol. The second kappa shape index (κ2) is 5.04. The lowest BCUT2D eigenvalue weighted by Gasteiger charge is -2.48. The Morgan fingerprint density at radius 3 is 2.55 bits per heavy atom. The number of hydrogen-bond acceptors (Lipinski definition) is 0. The fourth-order valence-electron chi connectivity index (χ4n) is 5.76. The highest BCUT2D eigenvalue weighted by molar-refractivity contribution is 5.34. The van der Waals surface area contributed by atoms with Gasteiger partial charge in [-0.2, -0.15) is 0 Å². The Balaban J connectivity index is 2.15. The molecular weight excluding hydrogens is 240 g/mol. The first-order valence-corrected chi connectivity index (χ1v) is 8.83. The molecule has 0 amide bonds. The number of hydrogen-bond donors (Lipinski definition) is 0. The van der Waals surface area contributed by atoms with Crippen LogP contribution in [0.5, 0.6) is 0 Å². The Morgan fingerprint density at radius 1 is 1.10 bits per heavy atom. The van der Waals surface area contributed by atoms with Gasteiger partial charge < -0.3 is 0 Å². The van der Waals surface area contributed by atoms with Gasteiger partial charge in [0, 0.05) is 5.41 Å². The zero-order valence-corrected chi connectivity index (χ0v) is 14.1. The van der Waals surface area contributed by atoms with E-state index in [1.54, 1.807) is 11.1 Å². The minimum Gasteiger partial charge on any atom is -0.0813 e. The Labute approximate surface area is 125 Å². The molecule has 20 heavy (non-hydrogen) atoms. The lowest BCUT2D eigenvalue weighted by atomic mass is 9.56.